The highest BCUT2D eigenvalue weighted by atomic mass is 35.5. The van der Waals surface area contributed by atoms with Crippen LogP contribution in [-0.2, 0) is 4.79 Å². The number of nitro groups is 1. The summed E-state index contributed by atoms with van der Waals surface area (Å²) in [6, 6.07) is 5.18. The second-order valence-corrected chi connectivity index (χ2v) is 8.12. The highest BCUT2D eigenvalue weighted by Gasteiger charge is 2.26. The van der Waals surface area contributed by atoms with Crippen LogP contribution in [0.25, 0.3) is 0 Å². The number of nitrogens with zero attached hydrogens (tertiary/aromatic N) is 3. The number of nitrogens with one attached hydrogen (secondary N) is 1. The molecule has 1 aromatic rings. The molecular formula is C20H29ClN4O3. The summed E-state index contributed by atoms with van der Waals surface area (Å²) in [6.07, 6.45) is 8.72. The van der Waals surface area contributed by atoms with Crippen molar-refractivity contribution in [2.24, 2.45) is 0 Å². The lowest BCUT2D eigenvalue weighted by atomic mass is 9.97. The Balaban J connectivity index is 1.49. The number of anilines is 1. The van der Waals surface area contributed by atoms with E-state index < -0.39 is 4.92 Å². The summed E-state index contributed by atoms with van der Waals surface area (Å²) in [5.74, 6) is 0.118. The van der Waals surface area contributed by atoms with Gasteiger partial charge in [-0.15, -0.1) is 0 Å². The molecule has 2 aliphatic rings. The van der Waals surface area contributed by atoms with E-state index in [0.717, 1.165) is 12.8 Å². The topological polar surface area (TPSA) is 78.7 Å². The molecule has 1 aromatic carbocycles. The highest BCUT2D eigenvalue weighted by Crippen LogP contribution is 2.31. The Kier molecular flexibility index (Phi) is 7.50. The smallest absolute Gasteiger partial charge is 0.294 e. The number of nitro benzene ring substituents is 1. The molecule has 0 radical (unpaired) electrons. The van der Waals surface area contributed by atoms with E-state index in [0.29, 0.717) is 49.5 Å². The van der Waals surface area contributed by atoms with Gasteiger partial charge in [0.1, 0.15) is 5.69 Å². The molecule has 0 atom stereocenters. The quantitative estimate of drug-likeness (QED) is 0.594. The molecule has 0 unspecified atom stereocenters. The second-order valence-electron chi connectivity index (χ2n) is 7.68. The maximum Gasteiger partial charge on any atom is 0.294 e. The van der Waals surface area contributed by atoms with Crippen LogP contribution in [0.1, 0.15) is 44.9 Å². The molecule has 7 nitrogen and oxygen atoms in total. The summed E-state index contributed by atoms with van der Waals surface area (Å²) < 4.78 is 0. The lowest BCUT2D eigenvalue weighted by Gasteiger charge is -2.36. The Hall–Kier alpha value is -1.86. The van der Waals surface area contributed by atoms with Gasteiger partial charge in [-0.1, -0.05) is 43.7 Å². The van der Waals surface area contributed by atoms with Gasteiger partial charge in [0.05, 0.1) is 11.5 Å². The number of carbonyl (C=O) groups excluding carboxylic acids is 1. The molecule has 28 heavy (non-hydrogen) atoms. The van der Waals surface area contributed by atoms with E-state index in [1.54, 1.807) is 12.1 Å². The normalized spacial score (nSPS) is 19.2. The fourth-order valence-corrected chi connectivity index (χ4v) is 4.28. The highest BCUT2D eigenvalue weighted by molar-refractivity contribution is 6.30. The van der Waals surface area contributed by atoms with Crippen LogP contribution in [0, 0.1) is 10.1 Å². The lowest BCUT2D eigenvalue weighted by Crippen LogP contribution is -2.51. The van der Waals surface area contributed by atoms with Crippen molar-refractivity contribution in [3.8, 4) is 0 Å². The lowest BCUT2D eigenvalue weighted by molar-refractivity contribution is -0.384. The number of carbonyl (C=O) groups is 1. The van der Waals surface area contributed by atoms with Crippen LogP contribution in [0.15, 0.2) is 18.2 Å². The van der Waals surface area contributed by atoms with Crippen molar-refractivity contribution in [1.82, 2.24) is 10.2 Å². The fourth-order valence-electron chi connectivity index (χ4n) is 4.11. The molecule has 1 aliphatic carbocycles. The third-order valence-corrected chi connectivity index (χ3v) is 5.99. The van der Waals surface area contributed by atoms with Gasteiger partial charge < -0.3 is 15.1 Å². The van der Waals surface area contributed by atoms with Crippen molar-refractivity contribution in [2.75, 3.05) is 37.6 Å². The number of rotatable bonds is 5. The molecule has 1 saturated carbocycles. The second kappa shape index (κ2) is 10.1. The summed E-state index contributed by atoms with van der Waals surface area (Å²) in [6.45, 7) is 2.69. The van der Waals surface area contributed by atoms with Gasteiger partial charge >= 0.3 is 0 Å². The first kappa shape index (κ1) is 20.9. The molecule has 154 valence electrons. The van der Waals surface area contributed by atoms with Crippen molar-refractivity contribution < 1.29 is 9.72 Å². The summed E-state index contributed by atoms with van der Waals surface area (Å²) in [5, 5.41) is 15.1. The predicted molar refractivity (Wildman–Crippen MR) is 111 cm³/mol. The van der Waals surface area contributed by atoms with Crippen molar-refractivity contribution in [3.05, 3.63) is 33.3 Å². The third-order valence-electron chi connectivity index (χ3n) is 5.75. The summed E-state index contributed by atoms with van der Waals surface area (Å²) in [4.78, 5) is 27.3. The Bertz CT molecular complexity index is 684. The number of halogens is 1. The van der Waals surface area contributed by atoms with E-state index in [1.807, 2.05) is 9.80 Å². The standard InChI is InChI=1S/C20H29ClN4O3/c21-16-8-9-18(19(14-16)25(27)28)23-10-12-24(13-11-23)20(26)15-22-17-6-4-2-1-3-5-7-17/h8-9,14,17,22H,1-7,10-13,15H2. The molecule has 1 amide bonds. The zero-order chi connectivity index (χ0) is 19.9. The molecule has 0 aromatic heterocycles. The Morgan fingerprint density at radius 1 is 1.11 bits per heavy atom. The van der Waals surface area contributed by atoms with Crippen molar-refractivity contribution in [3.63, 3.8) is 0 Å². The van der Waals surface area contributed by atoms with Crippen LogP contribution >= 0.6 is 11.6 Å². The van der Waals surface area contributed by atoms with Crippen LogP contribution in [0.3, 0.4) is 0 Å². The fraction of sp³-hybridized carbons (Fsp3) is 0.650. The first-order valence-corrected chi connectivity index (χ1v) is 10.6. The van der Waals surface area contributed by atoms with Crippen LogP contribution < -0.4 is 10.2 Å². The van der Waals surface area contributed by atoms with E-state index in [-0.39, 0.29) is 11.6 Å². The van der Waals surface area contributed by atoms with Gasteiger partial charge in [0.25, 0.3) is 5.69 Å². The van der Waals surface area contributed by atoms with Gasteiger partial charge in [0.15, 0.2) is 0 Å². The molecule has 1 aliphatic heterocycles. The molecule has 0 spiro atoms. The maximum atomic E-state index is 12.6. The van der Waals surface area contributed by atoms with E-state index in [1.165, 1.54) is 38.2 Å². The first-order chi connectivity index (χ1) is 13.5. The Morgan fingerprint density at radius 2 is 1.75 bits per heavy atom. The number of amides is 1. The monoisotopic (exact) mass is 408 g/mol. The van der Waals surface area contributed by atoms with Crippen LogP contribution in [0.5, 0.6) is 0 Å². The number of piperazine rings is 1. The van der Waals surface area contributed by atoms with Gasteiger partial charge in [-0.25, -0.2) is 0 Å². The summed E-state index contributed by atoms with van der Waals surface area (Å²) >= 11 is 5.90. The largest absolute Gasteiger partial charge is 0.362 e. The summed E-state index contributed by atoms with van der Waals surface area (Å²) in [7, 11) is 0. The molecule has 1 N–H and O–H groups in total. The van der Waals surface area contributed by atoms with Crippen LogP contribution in [0.4, 0.5) is 11.4 Å². The van der Waals surface area contributed by atoms with E-state index in [2.05, 4.69) is 5.32 Å². The molecule has 0 bridgehead atoms. The zero-order valence-corrected chi connectivity index (χ0v) is 17.0. The minimum atomic E-state index is -0.405. The third kappa shape index (κ3) is 5.58. The average Bonchev–Trinajstić information content (AvgIpc) is 2.67. The van der Waals surface area contributed by atoms with Gasteiger partial charge in [-0.3, -0.25) is 14.9 Å². The minimum absolute atomic E-state index is 0.0122. The predicted octanol–water partition coefficient (Wildman–Crippen LogP) is 3.60. The average molecular weight is 409 g/mol. The number of benzene rings is 1. The number of hydrogen-bond donors (Lipinski definition) is 1. The van der Waals surface area contributed by atoms with Gasteiger partial charge in [-0.05, 0) is 25.0 Å². The minimum Gasteiger partial charge on any atom is -0.362 e. The van der Waals surface area contributed by atoms with Crippen LogP contribution in [-0.4, -0.2) is 54.5 Å². The van der Waals surface area contributed by atoms with Crippen molar-refractivity contribution in [1.29, 1.82) is 0 Å². The van der Waals surface area contributed by atoms with E-state index in [9.17, 15) is 14.9 Å². The molecule has 3 rings (SSSR count). The first-order valence-electron chi connectivity index (χ1n) is 10.2. The molecule has 8 heteroatoms. The molecule has 2 fully saturated rings. The van der Waals surface area contributed by atoms with Gasteiger partial charge in [0, 0.05) is 43.3 Å². The molecule has 1 saturated heterocycles. The van der Waals surface area contributed by atoms with Crippen LogP contribution in [0.2, 0.25) is 5.02 Å². The van der Waals surface area contributed by atoms with E-state index >= 15 is 0 Å². The summed E-state index contributed by atoms with van der Waals surface area (Å²) in [5.41, 5.74) is 0.576. The van der Waals surface area contributed by atoms with Crippen molar-refractivity contribution in [2.45, 2.75) is 51.0 Å². The van der Waals surface area contributed by atoms with E-state index in [4.69, 9.17) is 11.6 Å². The van der Waals surface area contributed by atoms with Crippen molar-refractivity contribution >= 4 is 28.9 Å². The Morgan fingerprint density at radius 3 is 2.39 bits per heavy atom. The molecule has 1 heterocycles. The molecular weight excluding hydrogens is 380 g/mol. The number of hydrogen-bond acceptors (Lipinski definition) is 5. The van der Waals surface area contributed by atoms with Gasteiger partial charge in [0.2, 0.25) is 5.91 Å². The van der Waals surface area contributed by atoms with Gasteiger partial charge in [-0.2, -0.15) is 0 Å². The SMILES string of the molecule is O=C(CNC1CCCCCCC1)N1CCN(c2ccc(Cl)cc2[N+](=O)[O-])CC1. The Labute approximate surface area is 171 Å². The zero-order valence-electron chi connectivity index (χ0n) is 16.2. The maximum absolute atomic E-state index is 12.6.